The summed E-state index contributed by atoms with van der Waals surface area (Å²) in [4.78, 5) is 23.0. The number of aromatic carboxylic acids is 1. The van der Waals surface area contributed by atoms with Crippen LogP contribution in [0.15, 0.2) is 36.4 Å². The number of aryl methyl sites for hydroxylation is 2. The summed E-state index contributed by atoms with van der Waals surface area (Å²) in [6.45, 7) is 3.45. The fourth-order valence-electron chi connectivity index (χ4n) is 1.98. The average Bonchev–Trinajstić information content (AvgIpc) is 2.36. The van der Waals surface area contributed by atoms with Crippen LogP contribution in [0.5, 0.6) is 11.5 Å². The predicted molar refractivity (Wildman–Crippen MR) is 75.9 cm³/mol. The molecule has 0 amide bonds. The molecule has 0 saturated carbocycles. The molecule has 5 heteroatoms. The molecule has 2 aromatic rings. The topological polar surface area (TPSA) is 83.8 Å². The minimum Gasteiger partial charge on any atom is -0.508 e. The molecular weight excluding hydrogens is 272 g/mol. The molecule has 0 spiro atoms. The molecule has 2 aromatic carbocycles. The summed E-state index contributed by atoms with van der Waals surface area (Å²) in [5.74, 6) is -1.63. The van der Waals surface area contributed by atoms with Crippen molar-refractivity contribution in [1.82, 2.24) is 0 Å². The Balaban J connectivity index is 2.29. The molecule has 0 radical (unpaired) electrons. The number of carboxylic acid groups (broad SMARTS) is 1. The monoisotopic (exact) mass is 286 g/mol. The number of phenolic OH excluding ortho intramolecular Hbond substituents is 1. The van der Waals surface area contributed by atoms with Gasteiger partial charge in [0.25, 0.3) is 0 Å². The van der Waals surface area contributed by atoms with Gasteiger partial charge in [-0.2, -0.15) is 0 Å². The molecule has 0 atom stereocenters. The molecule has 0 unspecified atom stereocenters. The van der Waals surface area contributed by atoms with E-state index >= 15 is 0 Å². The molecule has 2 rings (SSSR count). The number of carbonyl (C=O) groups is 2. The van der Waals surface area contributed by atoms with Gasteiger partial charge in [-0.05, 0) is 61.4 Å². The van der Waals surface area contributed by atoms with E-state index < -0.39 is 11.9 Å². The maximum Gasteiger partial charge on any atom is 0.343 e. The van der Waals surface area contributed by atoms with E-state index in [-0.39, 0.29) is 22.6 Å². The lowest BCUT2D eigenvalue weighted by molar-refractivity contribution is 0.0687. The lowest BCUT2D eigenvalue weighted by Crippen LogP contribution is -2.09. The van der Waals surface area contributed by atoms with Gasteiger partial charge in [0.2, 0.25) is 0 Å². The Bertz CT molecular complexity index is 698. The lowest BCUT2D eigenvalue weighted by Gasteiger charge is -2.07. The van der Waals surface area contributed by atoms with E-state index in [4.69, 9.17) is 9.84 Å². The third-order valence-corrected chi connectivity index (χ3v) is 2.81. The van der Waals surface area contributed by atoms with Crippen LogP contribution in [-0.2, 0) is 0 Å². The molecule has 0 aliphatic carbocycles. The molecule has 2 N–H and O–H groups in total. The molecule has 0 aromatic heterocycles. The largest absolute Gasteiger partial charge is 0.508 e. The third kappa shape index (κ3) is 3.60. The van der Waals surface area contributed by atoms with E-state index in [9.17, 15) is 14.7 Å². The zero-order valence-electron chi connectivity index (χ0n) is 11.6. The van der Waals surface area contributed by atoms with Crippen molar-refractivity contribution in [2.24, 2.45) is 0 Å². The van der Waals surface area contributed by atoms with Crippen molar-refractivity contribution >= 4 is 11.9 Å². The highest BCUT2D eigenvalue weighted by Gasteiger charge is 2.13. The first kappa shape index (κ1) is 14.6. The summed E-state index contributed by atoms with van der Waals surface area (Å²) in [7, 11) is 0. The van der Waals surface area contributed by atoms with E-state index in [0.29, 0.717) is 5.56 Å². The zero-order valence-corrected chi connectivity index (χ0v) is 11.6. The van der Waals surface area contributed by atoms with Crippen molar-refractivity contribution in [3.63, 3.8) is 0 Å². The van der Waals surface area contributed by atoms with Crippen LogP contribution in [0.25, 0.3) is 0 Å². The van der Waals surface area contributed by atoms with Gasteiger partial charge in [0.15, 0.2) is 0 Å². The number of hydrogen-bond acceptors (Lipinski definition) is 4. The lowest BCUT2D eigenvalue weighted by atomic mass is 10.1. The molecule has 0 heterocycles. The first-order valence-corrected chi connectivity index (χ1v) is 6.23. The molecule has 0 saturated heterocycles. The average molecular weight is 286 g/mol. The van der Waals surface area contributed by atoms with Gasteiger partial charge in [-0.3, -0.25) is 0 Å². The van der Waals surface area contributed by atoms with Crippen molar-refractivity contribution in [2.75, 3.05) is 0 Å². The SMILES string of the molecule is Cc1cc(OC(=O)c2cc(C)cc(O)c2)cc(C(=O)O)c1. The summed E-state index contributed by atoms with van der Waals surface area (Å²) in [5.41, 5.74) is 1.64. The number of phenols is 1. The van der Waals surface area contributed by atoms with Crippen LogP contribution in [0.1, 0.15) is 31.8 Å². The molecule has 0 bridgehead atoms. The van der Waals surface area contributed by atoms with Gasteiger partial charge in [0, 0.05) is 0 Å². The van der Waals surface area contributed by atoms with Crippen LogP contribution in [-0.4, -0.2) is 22.2 Å². The van der Waals surface area contributed by atoms with Crippen molar-refractivity contribution in [3.8, 4) is 11.5 Å². The van der Waals surface area contributed by atoms with Crippen molar-refractivity contribution in [2.45, 2.75) is 13.8 Å². The maximum absolute atomic E-state index is 12.0. The van der Waals surface area contributed by atoms with Crippen LogP contribution in [0.4, 0.5) is 0 Å². The Labute approximate surface area is 121 Å². The Kier molecular flexibility index (Phi) is 3.93. The highest BCUT2D eigenvalue weighted by molar-refractivity contribution is 5.92. The normalized spacial score (nSPS) is 10.2. The number of ether oxygens (including phenoxy) is 1. The smallest absolute Gasteiger partial charge is 0.343 e. The summed E-state index contributed by atoms with van der Waals surface area (Å²) in [5, 5.41) is 18.5. The van der Waals surface area contributed by atoms with Crippen LogP contribution < -0.4 is 4.74 Å². The second-order valence-electron chi connectivity index (χ2n) is 4.79. The van der Waals surface area contributed by atoms with E-state index in [1.54, 1.807) is 26.0 Å². The number of hydrogen-bond donors (Lipinski definition) is 2. The van der Waals surface area contributed by atoms with E-state index in [1.807, 2.05) is 0 Å². The van der Waals surface area contributed by atoms with Crippen LogP contribution in [0, 0.1) is 13.8 Å². The Morgan fingerprint density at radius 3 is 2.14 bits per heavy atom. The van der Waals surface area contributed by atoms with Gasteiger partial charge < -0.3 is 14.9 Å². The van der Waals surface area contributed by atoms with Crippen molar-refractivity contribution < 1.29 is 24.5 Å². The highest BCUT2D eigenvalue weighted by atomic mass is 16.5. The van der Waals surface area contributed by atoms with Crippen molar-refractivity contribution in [3.05, 3.63) is 58.7 Å². The minimum atomic E-state index is -1.09. The number of carboxylic acids is 1. The number of aromatic hydroxyl groups is 1. The van der Waals surface area contributed by atoms with Gasteiger partial charge in [-0.15, -0.1) is 0 Å². The fraction of sp³-hybridized carbons (Fsp3) is 0.125. The second kappa shape index (κ2) is 5.66. The zero-order chi connectivity index (χ0) is 15.6. The first-order valence-electron chi connectivity index (χ1n) is 6.23. The molecule has 5 nitrogen and oxygen atoms in total. The number of benzene rings is 2. The molecular formula is C16H14O5. The summed E-state index contributed by atoms with van der Waals surface area (Å²) in [6, 6.07) is 8.73. The Hall–Kier alpha value is -2.82. The molecule has 21 heavy (non-hydrogen) atoms. The highest BCUT2D eigenvalue weighted by Crippen LogP contribution is 2.20. The third-order valence-electron chi connectivity index (χ3n) is 2.81. The van der Waals surface area contributed by atoms with Gasteiger partial charge in [0.1, 0.15) is 11.5 Å². The fourth-order valence-corrected chi connectivity index (χ4v) is 1.98. The summed E-state index contributed by atoms with van der Waals surface area (Å²) >= 11 is 0. The quantitative estimate of drug-likeness (QED) is 0.669. The maximum atomic E-state index is 12.0. The number of rotatable bonds is 3. The van der Waals surface area contributed by atoms with Gasteiger partial charge in [0.05, 0.1) is 11.1 Å². The predicted octanol–water partition coefficient (Wildman–Crippen LogP) is 2.93. The summed E-state index contributed by atoms with van der Waals surface area (Å²) in [6.07, 6.45) is 0. The molecule has 0 aliphatic heterocycles. The van der Waals surface area contributed by atoms with Crippen molar-refractivity contribution in [1.29, 1.82) is 0 Å². The van der Waals surface area contributed by atoms with E-state index in [1.165, 1.54) is 24.3 Å². The van der Waals surface area contributed by atoms with Crippen LogP contribution >= 0.6 is 0 Å². The van der Waals surface area contributed by atoms with Crippen LogP contribution in [0.2, 0.25) is 0 Å². The van der Waals surface area contributed by atoms with Gasteiger partial charge >= 0.3 is 11.9 Å². The molecule has 0 aliphatic rings. The van der Waals surface area contributed by atoms with E-state index in [0.717, 1.165) is 5.56 Å². The van der Waals surface area contributed by atoms with Gasteiger partial charge in [-0.25, -0.2) is 9.59 Å². The van der Waals surface area contributed by atoms with Crippen LogP contribution in [0.3, 0.4) is 0 Å². The Morgan fingerprint density at radius 1 is 0.905 bits per heavy atom. The molecule has 108 valence electrons. The first-order chi connectivity index (χ1) is 9.85. The second-order valence-corrected chi connectivity index (χ2v) is 4.79. The standard InChI is InChI=1S/C16H14O5/c1-9-4-12(7-13(17)5-9)16(20)21-14-6-10(2)3-11(8-14)15(18)19/h3-8,17H,1-2H3,(H,18,19). The Morgan fingerprint density at radius 2 is 1.52 bits per heavy atom. The number of carbonyl (C=O) groups excluding carboxylic acids is 1. The number of esters is 1. The van der Waals surface area contributed by atoms with E-state index in [2.05, 4.69) is 0 Å². The minimum absolute atomic E-state index is 0.0302. The summed E-state index contributed by atoms with van der Waals surface area (Å²) < 4.78 is 5.17. The molecule has 0 fully saturated rings. The van der Waals surface area contributed by atoms with Gasteiger partial charge in [-0.1, -0.05) is 0 Å².